The molecule has 1 saturated heterocycles. The van der Waals surface area contributed by atoms with Crippen LogP contribution in [0.4, 0.5) is 11.6 Å². The van der Waals surface area contributed by atoms with Gasteiger partial charge in [0.2, 0.25) is 10.0 Å². The zero-order valence-corrected chi connectivity index (χ0v) is 19.3. The van der Waals surface area contributed by atoms with Gasteiger partial charge >= 0.3 is 0 Å². The van der Waals surface area contributed by atoms with E-state index in [0.29, 0.717) is 43.4 Å². The van der Waals surface area contributed by atoms with E-state index in [2.05, 4.69) is 55.1 Å². The molecule has 1 aromatic heterocycles. The summed E-state index contributed by atoms with van der Waals surface area (Å²) in [5, 5.41) is 11.8. The highest BCUT2D eigenvalue weighted by Crippen LogP contribution is 2.21. The first-order valence-corrected chi connectivity index (χ1v) is 12.2. The van der Waals surface area contributed by atoms with Crippen LogP contribution >= 0.6 is 22.6 Å². The maximum atomic E-state index is 12.8. The molecule has 1 N–H and O–H groups in total. The number of rotatable bonds is 6. The summed E-state index contributed by atoms with van der Waals surface area (Å²) >= 11 is 2.17. The van der Waals surface area contributed by atoms with E-state index in [4.69, 9.17) is 0 Å². The van der Waals surface area contributed by atoms with Gasteiger partial charge in [-0.25, -0.2) is 8.42 Å². The molecule has 4 rings (SSSR count). The number of hydrogen-bond acceptors (Lipinski definition) is 6. The molecule has 1 aliphatic heterocycles. The monoisotopic (exact) mass is 535 g/mol. The first kappa shape index (κ1) is 21.0. The highest BCUT2D eigenvalue weighted by molar-refractivity contribution is 14.1. The molecule has 9 heteroatoms. The molecule has 1 aliphatic rings. The Morgan fingerprint density at radius 1 is 0.867 bits per heavy atom. The fraction of sp³-hybridized carbons (Fsp3) is 0.238. The van der Waals surface area contributed by atoms with Gasteiger partial charge in [-0.2, -0.15) is 4.31 Å². The van der Waals surface area contributed by atoms with Gasteiger partial charge in [0.15, 0.2) is 5.82 Å². The molecule has 0 spiro atoms. The third-order valence-electron chi connectivity index (χ3n) is 4.98. The predicted octanol–water partition coefficient (Wildman–Crippen LogP) is 3.20. The summed E-state index contributed by atoms with van der Waals surface area (Å²) in [7, 11) is -3.47. The Kier molecular flexibility index (Phi) is 6.49. The molecule has 156 valence electrons. The predicted molar refractivity (Wildman–Crippen MR) is 126 cm³/mol. The lowest BCUT2D eigenvalue weighted by atomic mass is 10.2. The number of benzene rings is 2. The largest absolute Gasteiger partial charge is 0.365 e. The number of anilines is 2. The quantitative estimate of drug-likeness (QED) is 0.489. The summed E-state index contributed by atoms with van der Waals surface area (Å²) < 4.78 is 28.2. The van der Waals surface area contributed by atoms with E-state index in [1.807, 2.05) is 42.5 Å². The summed E-state index contributed by atoms with van der Waals surface area (Å²) in [5.74, 6) is 1.47. The molecule has 0 aliphatic carbocycles. The van der Waals surface area contributed by atoms with Crippen molar-refractivity contribution in [2.45, 2.75) is 11.4 Å². The van der Waals surface area contributed by atoms with Crippen LogP contribution < -0.4 is 10.2 Å². The maximum absolute atomic E-state index is 12.8. The molecule has 3 aromatic rings. The Labute approximate surface area is 190 Å². The second kappa shape index (κ2) is 9.27. The van der Waals surface area contributed by atoms with Crippen LogP contribution in [-0.2, 0) is 16.6 Å². The van der Waals surface area contributed by atoms with Crippen LogP contribution in [0.25, 0.3) is 0 Å². The van der Waals surface area contributed by atoms with Crippen LogP contribution in [0.1, 0.15) is 5.56 Å². The van der Waals surface area contributed by atoms with Gasteiger partial charge in [-0.15, -0.1) is 10.2 Å². The first-order chi connectivity index (χ1) is 14.5. The van der Waals surface area contributed by atoms with Crippen molar-refractivity contribution in [2.75, 3.05) is 36.4 Å². The standard InChI is InChI=1S/C21H22IN5O2S/c22-18-6-8-19(9-7-18)30(28,29)27-14-12-26(13-15-27)21-11-10-20(24-25-21)23-16-17-4-2-1-3-5-17/h1-11H,12-16H2,(H,23,24). The second-order valence-electron chi connectivity index (χ2n) is 6.96. The number of nitrogens with zero attached hydrogens (tertiary/aromatic N) is 4. The third-order valence-corrected chi connectivity index (χ3v) is 7.61. The van der Waals surface area contributed by atoms with E-state index in [9.17, 15) is 8.42 Å². The molecule has 0 saturated carbocycles. The van der Waals surface area contributed by atoms with Gasteiger partial charge in [0.25, 0.3) is 0 Å². The Bertz CT molecular complexity index is 1070. The lowest BCUT2D eigenvalue weighted by molar-refractivity contribution is 0.383. The average molecular weight is 535 g/mol. The van der Waals surface area contributed by atoms with Gasteiger partial charge < -0.3 is 10.2 Å². The molecule has 0 atom stereocenters. The molecule has 2 heterocycles. The highest BCUT2D eigenvalue weighted by Gasteiger charge is 2.28. The number of nitrogens with one attached hydrogen (secondary N) is 1. The average Bonchev–Trinajstić information content (AvgIpc) is 2.79. The molecular weight excluding hydrogens is 513 g/mol. The van der Waals surface area contributed by atoms with Crippen molar-refractivity contribution in [1.82, 2.24) is 14.5 Å². The van der Waals surface area contributed by atoms with E-state index < -0.39 is 10.0 Å². The molecule has 0 amide bonds. The number of halogens is 1. The molecule has 0 radical (unpaired) electrons. The number of hydrogen-bond donors (Lipinski definition) is 1. The van der Waals surface area contributed by atoms with Gasteiger partial charge in [-0.1, -0.05) is 30.3 Å². The summed E-state index contributed by atoms with van der Waals surface area (Å²) in [5.41, 5.74) is 1.17. The third kappa shape index (κ3) is 4.90. The number of piperazine rings is 1. The minimum Gasteiger partial charge on any atom is -0.365 e. The smallest absolute Gasteiger partial charge is 0.243 e. The van der Waals surface area contributed by atoms with E-state index in [0.717, 1.165) is 9.39 Å². The Morgan fingerprint density at radius 2 is 1.57 bits per heavy atom. The normalized spacial score (nSPS) is 15.2. The zero-order chi connectivity index (χ0) is 21.0. The summed E-state index contributed by atoms with van der Waals surface area (Å²) in [6, 6.07) is 20.9. The van der Waals surface area contributed by atoms with Crippen molar-refractivity contribution in [3.63, 3.8) is 0 Å². The minimum atomic E-state index is -3.47. The van der Waals surface area contributed by atoms with Crippen molar-refractivity contribution < 1.29 is 8.42 Å². The van der Waals surface area contributed by atoms with Gasteiger partial charge in [0, 0.05) is 36.3 Å². The molecular formula is C21H22IN5O2S. The summed E-state index contributed by atoms with van der Waals surface area (Å²) in [6.45, 7) is 2.68. The van der Waals surface area contributed by atoms with Crippen molar-refractivity contribution in [1.29, 1.82) is 0 Å². The molecule has 0 bridgehead atoms. The SMILES string of the molecule is O=S(=O)(c1ccc(I)cc1)N1CCN(c2ccc(NCc3ccccc3)nn2)CC1. The van der Waals surface area contributed by atoms with E-state index in [1.54, 1.807) is 12.1 Å². The Hall–Kier alpha value is -2.24. The summed E-state index contributed by atoms with van der Waals surface area (Å²) in [4.78, 5) is 2.40. The molecule has 0 unspecified atom stereocenters. The van der Waals surface area contributed by atoms with Crippen LogP contribution in [0, 0.1) is 3.57 Å². The number of sulfonamides is 1. The van der Waals surface area contributed by atoms with Crippen molar-refractivity contribution >= 4 is 44.2 Å². The number of aromatic nitrogens is 2. The fourth-order valence-corrected chi connectivity index (χ4v) is 5.07. The Balaban J connectivity index is 1.34. The van der Waals surface area contributed by atoms with Crippen LogP contribution in [0.5, 0.6) is 0 Å². The minimum absolute atomic E-state index is 0.338. The van der Waals surface area contributed by atoms with E-state index in [1.165, 1.54) is 9.87 Å². The van der Waals surface area contributed by atoms with Gasteiger partial charge in [-0.05, 0) is 64.6 Å². The topological polar surface area (TPSA) is 78.4 Å². The van der Waals surface area contributed by atoms with E-state index in [-0.39, 0.29) is 0 Å². The Morgan fingerprint density at radius 3 is 2.20 bits per heavy atom. The van der Waals surface area contributed by atoms with E-state index >= 15 is 0 Å². The molecule has 1 fully saturated rings. The van der Waals surface area contributed by atoms with Crippen LogP contribution in [0.2, 0.25) is 0 Å². The maximum Gasteiger partial charge on any atom is 0.243 e. The summed E-state index contributed by atoms with van der Waals surface area (Å²) in [6.07, 6.45) is 0. The van der Waals surface area contributed by atoms with Crippen LogP contribution in [0.15, 0.2) is 71.6 Å². The van der Waals surface area contributed by atoms with Crippen molar-refractivity contribution in [2.24, 2.45) is 0 Å². The molecule has 7 nitrogen and oxygen atoms in total. The zero-order valence-electron chi connectivity index (χ0n) is 16.3. The highest BCUT2D eigenvalue weighted by atomic mass is 127. The molecule has 30 heavy (non-hydrogen) atoms. The van der Waals surface area contributed by atoms with Crippen LogP contribution in [-0.4, -0.2) is 49.1 Å². The van der Waals surface area contributed by atoms with Crippen molar-refractivity contribution in [3.8, 4) is 0 Å². The van der Waals surface area contributed by atoms with Crippen LogP contribution in [0.3, 0.4) is 0 Å². The lowest BCUT2D eigenvalue weighted by Crippen LogP contribution is -2.49. The van der Waals surface area contributed by atoms with Gasteiger partial charge in [0.1, 0.15) is 5.82 Å². The molecule has 2 aromatic carbocycles. The first-order valence-electron chi connectivity index (χ1n) is 9.64. The lowest BCUT2D eigenvalue weighted by Gasteiger charge is -2.34. The fourth-order valence-electron chi connectivity index (χ4n) is 3.29. The van der Waals surface area contributed by atoms with Gasteiger partial charge in [0.05, 0.1) is 4.90 Å². The second-order valence-corrected chi connectivity index (χ2v) is 10.1. The van der Waals surface area contributed by atoms with Gasteiger partial charge in [-0.3, -0.25) is 0 Å². The van der Waals surface area contributed by atoms with Crippen molar-refractivity contribution in [3.05, 3.63) is 75.9 Å².